The Bertz CT molecular complexity index is 1230. The molecule has 0 aromatic carbocycles. The highest BCUT2D eigenvalue weighted by Gasteiger charge is 2.28. The van der Waals surface area contributed by atoms with E-state index in [4.69, 9.17) is 10.7 Å². The second kappa shape index (κ2) is 7.38. The van der Waals surface area contributed by atoms with Crippen molar-refractivity contribution in [2.45, 2.75) is 32.2 Å². The predicted molar refractivity (Wildman–Crippen MR) is 116 cm³/mol. The lowest BCUT2D eigenvalue weighted by atomic mass is 10.1. The summed E-state index contributed by atoms with van der Waals surface area (Å²) >= 11 is 0. The summed E-state index contributed by atoms with van der Waals surface area (Å²) in [5.41, 5.74) is 13.0. The largest absolute Gasteiger partial charge is 0.397 e. The van der Waals surface area contributed by atoms with Gasteiger partial charge in [0, 0.05) is 35.6 Å². The molecular weight excluding hydrogens is 378 g/mol. The Kier molecular flexibility index (Phi) is 4.55. The van der Waals surface area contributed by atoms with Gasteiger partial charge in [-0.1, -0.05) is 0 Å². The summed E-state index contributed by atoms with van der Waals surface area (Å²) in [5, 5.41) is 17.2. The molecule has 1 saturated carbocycles. The van der Waals surface area contributed by atoms with Crippen LogP contribution in [0.2, 0.25) is 0 Å². The fraction of sp³-hybridized carbons (Fsp3) is 0.273. The molecule has 1 aliphatic rings. The number of hydrogen-bond donors (Lipinski definition) is 3. The van der Waals surface area contributed by atoms with Crippen LogP contribution < -0.4 is 11.1 Å². The Morgan fingerprint density at radius 2 is 2.10 bits per heavy atom. The van der Waals surface area contributed by atoms with E-state index in [9.17, 15) is 5.11 Å². The third kappa shape index (κ3) is 3.46. The van der Waals surface area contributed by atoms with Gasteiger partial charge in [0.2, 0.25) is 0 Å². The smallest absolute Gasteiger partial charge is 0.152 e. The van der Waals surface area contributed by atoms with Crippen LogP contribution in [-0.4, -0.2) is 36.4 Å². The van der Waals surface area contributed by atoms with Gasteiger partial charge in [-0.25, -0.2) is 4.98 Å². The average molecular weight is 401 g/mol. The van der Waals surface area contributed by atoms with E-state index in [-0.39, 0.29) is 6.61 Å². The molecule has 4 N–H and O–H groups in total. The van der Waals surface area contributed by atoms with Crippen LogP contribution >= 0.6 is 0 Å². The molecule has 1 aliphatic carbocycles. The monoisotopic (exact) mass is 401 g/mol. The standard InChI is InChI=1S/C22H23N7O/c1-13-4-5-24-12-16(13)18-9-17(23)22-19(27-18)8-15(11-25-22)26-21-10-20(14-2-3-14)29(28-21)6-7-30/h4-5,8-12,14,30H,2-3,6-7H2,1H3,(H2,23,27)(H,26,28). The van der Waals surface area contributed by atoms with Gasteiger partial charge >= 0.3 is 0 Å². The highest BCUT2D eigenvalue weighted by atomic mass is 16.3. The molecule has 0 atom stereocenters. The number of pyridine rings is 3. The van der Waals surface area contributed by atoms with Crippen molar-refractivity contribution < 1.29 is 5.11 Å². The van der Waals surface area contributed by atoms with Gasteiger partial charge < -0.3 is 16.2 Å². The van der Waals surface area contributed by atoms with Gasteiger partial charge in [0.05, 0.1) is 41.9 Å². The molecule has 0 spiro atoms. The lowest BCUT2D eigenvalue weighted by molar-refractivity contribution is 0.267. The second-order valence-electron chi connectivity index (χ2n) is 7.68. The first-order valence-corrected chi connectivity index (χ1v) is 10.1. The third-order valence-corrected chi connectivity index (χ3v) is 5.38. The van der Waals surface area contributed by atoms with Crippen molar-refractivity contribution in [1.29, 1.82) is 0 Å². The first-order valence-electron chi connectivity index (χ1n) is 10.1. The van der Waals surface area contributed by atoms with Gasteiger partial charge in [-0.2, -0.15) is 5.10 Å². The minimum absolute atomic E-state index is 0.0676. The number of aliphatic hydroxyl groups excluding tert-OH is 1. The Morgan fingerprint density at radius 3 is 2.87 bits per heavy atom. The number of nitrogens with two attached hydrogens (primary N) is 1. The van der Waals surface area contributed by atoms with E-state index in [0.29, 0.717) is 29.2 Å². The Balaban J connectivity index is 1.50. The number of aliphatic hydroxyl groups is 1. The molecule has 0 amide bonds. The van der Waals surface area contributed by atoms with Crippen molar-refractivity contribution in [3.05, 3.63) is 54.1 Å². The van der Waals surface area contributed by atoms with Crippen molar-refractivity contribution in [1.82, 2.24) is 24.7 Å². The zero-order valence-corrected chi connectivity index (χ0v) is 16.7. The number of nitrogens with one attached hydrogen (secondary N) is 1. The maximum atomic E-state index is 9.31. The molecule has 4 aromatic rings. The summed E-state index contributed by atoms with van der Waals surface area (Å²) < 4.78 is 1.88. The number of fused-ring (bicyclic) bond motifs is 1. The van der Waals surface area contributed by atoms with Crippen LogP contribution in [0.5, 0.6) is 0 Å². The van der Waals surface area contributed by atoms with Gasteiger partial charge in [-0.15, -0.1) is 0 Å². The van der Waals surface area contributed by atoms with Crippen LogP contribution in [0.15, 0.2) is 42.9 Å². The summed E-state index contributed by atoms with van der Waals surface area (Å²) in [6, 6.07) is 7.77. The van der Waals surface area contributed by atoms with Crippen LogP contribution in [0.3, 0.4) is 0 Å². The molecule has 8 nitrogen and oxygen atoms in total. The lowest BCUT2D eigenvalue weighted by Crippen LogP contribution is -2.07. The molecule has 4 aromatic heterocycles. The summed E-state index contributed by atoms with van der Waals surface area (Å²) in [5.74, 6) is 1.28. The third-order valence-electron chi connectivity index (χ3n) is 5.38. The summed E-state index contributed by atoms with van der Waals surface area (Å²) in [6.45, 7) is 2.59. The van der Waals surface area contributed by atoms with E-state index < -0.39 is 0 Å². The van der Waals surface area contributed by atoms with Crippen molar-refractivity contribution in [2.24, 2.45) is 0 Å². The van der Waals surface area contributed by atoms with Crippen LogP contribution in [0.1, 0.15) is 30.0 Å². The van der Waals surface area contributed by atoms with E-state index in [1.165, 1.54) is 12.8 Å². The van der Waals surface area contributed by atoms with Crippen molar-refractivity contribution >= 4 is 28.2 Å². The van der Waals surface area contributed by atoms with E-state index >= 15 is 0 Å². The summed E-state index contributed by atoms with van der Waals surface area (Å²) in [4.78, 5) is 13.5. The zero-order chi connectivity index (χ0) is 20.7. The number of aromatic nitrogens is 5. The van der Waals surface area contributed by atoms with Crippen molar-refractivity contribution in [3.8, 4) is 11.3 Å². The molecule has 5 rings (SSSR count). The average Bonchev–Trinajstić information content (AvgIpc) is 3.50. The Morgan fingerprint density at radius 1 is 1.23 bits per heavy atom. The Labute approximate surface area is 173 Å². The van der Waals surface area contributed by atoms with E-state index in [1.54, 1.807) is 18.6 Å². The van der Waals surface area contributed by atoms with Gasteiger partial charge in [-0.3, -0.25) is 14.6 Å². The van der Waals surface area contributed by atoms with Crippen LogP contribution in [0.25, 0.3) is 22.3 Å². The zero-order valence-electron chi connectivity index (χ0n) is 16.7. The van der Waals surface area contributed by atoms with E-state index in [1.807, 2.05) is 29.8 Å². The fourth-order valence-electron chi connectivity index (χ4n) is 3.70. The summed E-state index contributed by atoms with van der Waals surface area (Å²) in [6.07, 6.45) is 7.64. The van der Waals surface area contributed by atoms with Crippen molar-refractivity contribution in [2.75, 3.05) is 17.7 Å². The second-order valence-corrected chi connectivity index (χ2v) is 7.68. The van der Waals surface area contributed by atoms with Crippen LogP contribution in [-0.2, 0) is 6.54 Å². The maximum absolute atomic E-state index is 9.31. The number of rotatable bonds is 6. The van der Waals surface area contributed by atoms with Gasteiger partial charge in [0.15, 0.2) is 5.82 Å². The highest BCUT2D eigenvalue weighted by Crippen LogP contribution is 2.41. The molecule has 0 aliphatic heterocycles. The quantitative estimate of drug-likeness (QED) is 0.454. The molecule has 0 bridgehead atoms. The minimum Gasteiger partial charge on any atom is -0.397 e. The molecule has 0 radical (unpaired) electrons. The molecular formula is C22H23N7O. The van der Waals surface area contributed by atoms with E-state index in [0.717, 1.165) is 34.0 Å². The van der Waals surface area contributed by atoms with Gasteiger partial charge in [-0.05, 0) is 43.5 Å². The van der Waals surface area contributed by atoms with E-state index in [2.05, 4.69) is 26.4 Å². The molecule has 0 saturated heterocycles. The Hall–Kier alpha value is -3.52. The summed E-state index contributed by atoms with van der Waals surface area (Å²) in [7, 11) is 0. The number of nitrogen functional groups attached to an aromatic ring is 1. The van der Waals surface area contributed by atoms with Crippen molar-refractivity contribution in [3.63, 3.8) is 0 Å². The van der Waals surface area contributed by atoms with Crippen LogP contribution in [0.4, 0.5) is 17.2 Å². The SMILES string of the molecule is Cc1ccncc1-c1cc(N)c2ncc(Nc3cc(C4CC4)n(CCO)n3)cc2n1. The first-order chi connectivity index (χ1) is 14.6. The maximum Gasteiger partial charge on any atom is 0.152 e. The molecule has 1 fully saturated rings. The number of hydrogen-bond acceptors (Lipinski definition) is 7. The van der Waals surface area contributed by atoms with Gasteiger partial charge in [0.25, 0.3) is 0 Å². The minimum atomic E-state index is 0.0676. The molecule has 30 heavy (non-hydrogen) atoms. The molecule has 8 heteroatoms. The van der Waals surface area contributed by atoms with Gasteiger partial charge in [0.1, 0.15) is 5.52 Å². The number of nitrogens with zero attached hydrogens (tertiary/aromatic N) is 5. The predicted octanol–water partition coefficient (Wildman–Crippen LogP) is 3.39. The topological polar surface area (TPSA) is 115 Å². The molecule has 4 heterocycles. The highest BCUT2D eigenvalue weighted by molar-refractivity contribution is 5.91. The molecule has 0 unspecified atom stereocenters. The fourth-order valence-corrected chi connectivity index (χ4v) is 3.70. The number of anilines is 3. The normalized spacial score (nSPS) is 13.7. The lowest BCUT2D eigenvalue weighted by Gasteiger charge is -2.09. The number of aryl methyl sites for hydroxylation is 1. The van der Waals surface area contributed by atoms with Crippen LogP contribution in [0, 0.1) is 6.92 Å². The first kappa shape index (κ1) is 18.5. The molecule has 152 valence electrons.